The van der Waals surface area contributed by atoms with E-state index in [2.05, 4.69) is 10.5 Å². The molecular weight excluding hydrogens is 410 g/mol. The number of phenols is 1. The number of methoxy groups -OCH3 is 1. The minimum absolute atomic E-state index is 0.0292. The van der Waals surface area contributed by atoms with Crippen molar-refractivity contribution in [3.05, 3.63) is 94.5 Å². The zero-order valence-corrected chi connectivity index (χ0v) is 17.1. The third-order valence-electron chi connectivity index (χ3n) is 5.04. The topological polar surface area (TPSA) is 108 Å². The number of hydrogen-bond donors (Lipinski definition) is 2. The molecule has 0 atom stereocenters. The van der Waals surface area contributed by atoms with Gasteiger partial charge in [0, 0.05) is 5.56 Å². The number of hydrogen-bond acceptors (Lipinski definition) is 6. The fraction of sp³-hybridized carbons (Fsp3) is 0.0833. The average Bonchev–Trinajstić information content (AvgIpc) is 3.04. The van der Waals surface area contributed by atoms with Crippen molar-refractivity contribution in [3.63, 3.8) is 0 Å². The van der Waals surface area contributed by atoms with Gasteiger partial charge in [0.05, 0.1) is 36.6 Å². The summed E-state index contributed by atoms with van der Waals surface area (Å²) in [7, 11) is 1.50. The third-order valence-corrected chi connectivity index (χ3v) is 5.04. The number of aromatic hydroxyl groups is 1. The van der Waals surface area contributed by atoms with Gasteiger partial charge in [-0.15, -0.1) is 0 Å². The largest absolute Gasteiger partial charge is 0.507 e. The summed E-state index contributed by atoms with van der Waals surface area (Å²) in [6.45, 7) is 0.0292. The molecule has 8 nitrogen and oxygen atoms in total. The van der Waals surface area contributed by atoms with Gasteiger partial charge in [-0.1, -0.05) is 24.3 Å². The molecule has 160 valence electrons. The Labute approximate surface area is 183 Å². The highest BCUT2D eigenvalue weighted by Gasteiger charge is 2.35. The number of fused-ring (bicyclic) bond motifs is 1. The monoisotopic (exact) mass is 429 g/mol. The molecule has 3 amide bonds. The molecule has 0 saturated carbocycles. The number of phenolic OH excluding ortho intramolecular Hbond substituents is 1. The van der Waals surface area contributed by atoms with E-state index in [-0.39, 0.29) is 29.7 Å². The van der Waals surface area contributed by atoms with E-state index in [1.165, 1.54) is 30.4 Å². The molecular formula is C24H19N3O5. The lowest BCUT2D eigenvalue weighted by Gasteiger charge is -2.16. The highest BCUT2D eigenvalue weighted by molar-refractivity contribution is 6.21. The van der Waals surface area contributed by atoms with E-state index in [0.717, 1.165) is 0 Å². The second-order valence-electron chi connectivity index (χ2n) is 7.03. The molecule has 0 spiro atoms. The number of nitrogens with one attached hydrogen (secondary N) is 1. The summed E-state index contributed by atoms with van der Waals surface area (Å²) in [5.74, 6) is -0.910. The van der Waals surface area contributed by atoms with Crippen LogP contribution in [0.4, 0.5) is 0 Å². The molecule has 32 heavy (non-hydrogen) atoms. The molecule has 3 aromatic rings. The fourth-order valence-electron chi connectivity index (χ4n) is 3.45. The number of benzene rings is 3. The van der Waals surface area contributed by atoms with Crippen LogP contribution < -0.4 is 10.2 Å². The summed E-state index contributed by atoms with van der Waals surface area (Å²) >= 11 is 0. The summed E-state index contributed by atoms with van der Waals surface area (Å²) in [6.07, 6.45) is 1.42. The van der Waals surface area contributed by atoms with Crippen LogP contribution in [0.15, 0.2) is 71.8 Å². The van der Waals surface area contributed by atoms with Gasteiger partial charge >= 0.3 is 0 Å². The van der Waals surface area contributed by atoms with Crippen LogP contribution in [0.25, 0.3) is 0 Å². The SMILES string of the molecule is COc1ccc(/C=N/NC(=O)c2ccccc2O)cc1CN1C(=O)c2ccccc2C1=O. The number of carbonyl (C=O) groups is 3. The maximum absolute atomic E-state index is 12.7. The molecule has 1 aliphatic heterocycles. The van der Waals surface area contributed by atoms with Crippen LogP contribution in [0, 0.1) is 0 Å². The van der Waals surface area contributed by atoms with Crippen LogP contribution in [-0.4, -0.2) is 41.1 Å². The van der Waals surface area contributed by atoms with E-state index in [4.69, 9.17) is 4.74 Å². The molecule has 2 N–H and O–H groups in total. The van der Waals surface area contributed by atoms with Crippen LogP contribution in [0.5, 0.6) is 11.5 Å². The molecule has 0 saturated heterocycles. The molecule has 0 bridgehead atoms. The van der Waals surface area contributed by atoms with E-state index >= 15 is 0 Å². The summed E-state index contributed by atoms with van der Waals surface area (Å²) in [5, 5.41) is 13.7. The van der Waals surface area contributed by atoms with Gasteiger partial charge in [-0.2, -0.15) is 5.10 Å². The van der Waals surface area contributed by atoms with E-state index in [1.54, 1.807) is 54.6 Å². The van der Waals surface area contributed by atoms with E-state index in [9.17, 15) is 19.5 Å². The van der Waals surface area contributed by atoms with Crippen molar-refractivity contribution in [1.82, 2.24) is 10.3 Å². The Morgan fingerprint density at radius 3 is 2.34 bits per heavy atom. The molecule has 1 heterocycles. The normalized spacial score (nSPS) is 12.8. The van der Waals surface area contributed by atoms with Crippen LogP contribution in [0.2, 0.25) is 0 Å². The molecule has 8 heteroatoms. The zero-order chi connectivity index (χ0) is 22.7. The van der Waals surface area contributed by atoms with Gasteiger partial charge in [-0.25, -0.2) is 5.43 Å². The number of amides is 3. The Hall–Kier alpha value is -4.46. The summed E-state index contributed by atoms with van der Waals surface area (Å²) in [4.78, 5) is 38.7. The minimum Gasteiger partial charge on any atom is -0.507 e. The molecule has 0 aromatic heterocycles. The third kappa shape index (κ3) is 3.93. The van der Waals surface area contributed by atoms with Gasteiger partial charge in [0.2, 0.25) is 0 Å². The Bertz CT molecular complexity index is 1220. The number of rotatable bonds is 6. The number of carbonyl (C=O) groups excluding carboxylic acids is 3. The van der Waals surface area contributed by atoms with Gasteiger partial charge < -0.3 is 9.84 Å². The van der Waals surface area contributed by atoms with E-state index < -0.39 is 5.91 Å². The first-order valence-electron chi connectivity index (χ1n) is 9.73. The zero-order valence-electron chi connectivity index (χ0n) is 17.1. The standard InChI is InChI=1S/C24H19N3O5/c1-32-21-11-10-15(13-25-26-22(29)19-8-4-5-9-20(19)28)12-16(21)14-27-23(30)17-6-2-3-7-18(17)24(27)31/h2-13,28H,14H2,1H3,(H,26,29)/b25-13+. The second kappa shape index (κ2) is 8.73. The minimum atomic E-state index is -0.556. The van der Waals surface area contributed by atoms with Gasteiger partial charge in [0.15, 0.2) is 0 Å². The summed E-state index contributed by atoms with van der Waals surface area (Å²) in [5.41, 5.74) is 4.44. The quantitative estimate of drug-likeness (QED) is 0.356. The molecule has 0 unspecified atom stereocenters. The highest BCUT2D eigenvalue weighted by atomic mass is 16.5. The molecule has 0 radical (unpaired) electrons. The van der Waals surface area contributed by atoms with Gasteiger partial charge in [0.25, 0.3) is 17.7 Å². The number of hydrazone groups is 1. The number of imide groups is 1. The molecule has 1 aliphatic rings. The number of ether oxygens (including phenoxy) is 1. The predicted octanol–water partition coefficient (Wildman–Crippen LogP) is 2.96. The van der Waals surface area contributed by atoms with Crippen molar-refractivity contribution < 1.29 is 24.2 Å². The smallest absolute Gasteiger partial charge is 0.275 e. The fourth-order valence-corrected chi connectivity index (χ4v) is 3.45. The molecule has 0 fully saturated rings. The molecule has 0 aliphatic carbocycles. The Kier molecular flexibility index (Phi) is 5.67. The van der Waals surface area contributed by atoms with Gasteiger partial charge in [0.1, 0.15) is 11.5 Å². The van der Waals surface area contributed by atoms with Crippen molar-refractivity contribution >= 4 is 23.9 Å². The van der Waals surface area contributed by atoms with Gasteiger partial charge in [-0.05, 0) is 48.0 Å². The van der Waals surface area contributed by atoms with Crippen LogP contribution >= 0.6 is 0 Å². The van der Waals surface area contributed by atoms with Gasteiger partial charge in [-0.3, -0.25) is 19.3 Å². The van der Waals surface area contributed by atoms with Crippen LogP contribution in [0.3, 0.4) is 0 Å². The predicted molar refractivity (Wildman–Crippen MR) is 117 cm³/mol. The lowest BCUT2D eigenvalue weighted by Crippen LogP contribution is -2.29. The number of nitrogens with zero attached hydrogens (tertiary/aromatic N) is 2. The maximum Gasteiger partial charge on any atom is 0.275 e. The first-order chi connectivity index (χ1) is 15.5. The molecule has 3 aromatic carbocycles. The Morgan fingerprint density at radius 1 is 1.03 bits per heavy atom. The maximum atomic E-state index is 12.7. The first kappa shape index (κ1) is 20.8. The first-order valence-corrected chi connectivity index (χ1v) is 9.73. The Morgan fingerprint density at radius 2 is 1.69 bits per heavy atom. The van der Waals surface area contributed by atoms with E-state index in [1.807, 2.05) is 0 Å². The summed E-state index contributed by atoms with van der Waals surface area (Å²) < 4.78 is 5.38. The van der Waals surface area contributed by atoms with Crippen molar-refractivity contribution in [3.8, 4) is 11.5 Å². The highest BCUT2D eigenvalue weighted by Crippen LogP contribution is 2.27. The van der Waals surface area contributed by atoms with Crippen LogP contribution in [-0.2, 0) is 6.54 Å². The van der Waals surface area contributed by atoms with Crippen LogP contribution in [0.1, 0.15) is 42.2 Å². The summed E-state index contributed by atoms with van der Waals surface area (Å²) in [6, 6.07) is 18.0. The Balaban J connectivity index is 1.52. The van der Waals surface area contributed by atoms with Crippen molar-refractivity contribution in [2.75, 3.05) is 7.11 Å². The lowest BCUT2D eigenvalue weighted by atomic mass is 10.1. The molecule has 4 rings (SSSR count). The second-order valence-corrected chi connectivity index (χ2v) is 7.03. The lowest BCUT2D eigenvalue weighted by molar-refractivity contribution is 0.0641. The van der Waals surface area contributed by atoms with Crippen molar-refractivity contribution in [2.24, 2.45) is 5.10 Å². The average molecular weight is 429 g/mol. The van der Waals surface area contributed by atoms with Crippen molar-refractivity contribution in [1.29, 1.82) is 0 Å². The van der Waals surface area contributed by atoms with E-state index in [0.29, 0.717) is 28.0 Å². The number of para-hydroxylation sites is 1. The van der Waals surface area contributed by atoms with Crippen molar-refractivity contribution in [2.45, 2.75) is 6.54 Å².